The Labute approximate surface area is 118 Å². The summed E-state index contributed by atoms with van der Waals surface area (Å²) in [6.07, 6.45) is -6.85. The summed E-state index contributed by atoms with van der Waals surface area (Å²) in [5.74, 6) is -3.01. The number of hydrogen-bond acceptors (Lipinski definition) is 5. The van der Waals surface area contributed by atoms with Gasteiger partial charge in [-0.2, -0.15) is 13.2 Å². The van der Waals surface area contributed by atoms with Crippen LogP contribution in [0.3, 0.4) is 0 Å². The third kappa shape index (κ3) is 3.33. The maximum absolute atomic E-state index is 12.9. The van der Waals surface area contributed by atoms with Gasteiger partial charge in [-0.15, -0.1) is 0 Å². The fourth-order valence-electron chi connectivity index (χ4n) is 1.66. The number of alkyl halides is 3. The third-order valence-electron chi connectivity index (χ3n) is 2.82. The van der Waals surface area contributed by atoms with Crippen LogP contribution in [0, 0.1) is 0 Å². The predicted molar refractivity (Wildman–Crippen MR) is 65.0 cm³/mol. The minimum Gasteiger partial charge on any atom is -0.496 e. The van der Waals surface area contributed by atoms with Crippen molar-refractivity contribution in [3.8, 4) is 5.75 Å². The van der Waals surface area contributed by atoms with Gasteiger partial charge in [0.25, 0.3) is 5.60 Å². The van der Waals surface area contributed by atoms with Crippen LogP contribution in [0.2, 0.25) is 0 Å². The Hall–Kier alpha value is -2.09. The molecule has 0 bridgehead atoms. The van der Waals surface area contributed by atoms with Crippen LogP contribution in [0.25, 0.3) is 0 Å². The summed E-state index contributed by atoms with van der Waals surface area (Å²) in [6.45, 7) is 0. The molecule has 5 nitrogen and oxygen atoms in total. The lowest BCUT2D eigenvalue weighted by molar-refractivity contribution is -0.260. The standard InChI is InChI=1S/C13H13F3O5/c1-20-10-6-4-3-5-8(10)9(17)7-12(19,11(18)21-2)13(14,15)16/h3-6,19H,7H2,1-2H3/t12-/m0/s1. The van der Waals surface area contributed by atoms with Gasteiger partial charge in [0.05, 0.1) is 26.2 Å². The minimum absolute atomic E-state index is 0.0388. The minimum atomic E-state index is -5.35. The molecular formula is C13H13F3O5. The van der Waals surface area contributed by atoms with Gasteiger partial charge in [0.1, 0.15) is 5.75 Å². The first-order valence-corrected chi connectivity index (χ1v) is 5.71. The maximum atomic E-state index is 12.9. The molecule has 0 radical (unpaired) electrons. The van der Waals surface area contributed by atoms with Crippen molar-refractivity contribution in [1.29, 1.82) is 0 Å². The Morgan fingerprint density at radius 1 is 1.19 bits per heavy atom. The van der Waals surface area contributed by atoms with E-state index in [0.29, 0.717) is 7.11 Å². The van der Waals surface area contributed by atoms with Gasteiger partial charge in [0.2, 0.25) is 0 Å². The van der Waals surface area contributed by atoms with Crippen LogP contribution in [-0.4, -0.2) is 42.9 Å². The van der Waals surface area contributed by atoms with Crippen LogP contribution in [0.15, 0.2) is 24.3 Å². The molecule has 0 aliphatic rings. The first-order chi connectivity index (χ1) is 9.67. The molecule has 0 fully saturated rings. The fourth-order valence-corrected chi connectivity index (χ4v) is 1.66. The fraction of sp³-hybridized carbons (Fsp3) is 0.385. The Morgan fingerprint density at radius 3 is 2.24 bits per heavy atom. The summed E-state index contributed by atoms with van der Waals surface area (Å²) < 4.78 is 47.4. The van der Waals surface area contributed by atoms with Crippen molar-refractivity contribution in [2.24, 2.45) is 0 Å². The summed E-state index contributed by atoms with van der Waals surface area (Å²) in [4.78, 5) is 23.2. The van der Waals surface area contributed by atoms with E-state index >= 15 is 0 Å². The Balaban J connectivity index is 3.16. The van der Waals surface area contributed by atoms with E-state index in [1.165, 1.54) is 31.4 Å². The van der Waals surface area contributed by atoms with Crippen molar-refractivity contribution < 1.29 is 37.3 Å². The van der Waals surface area contributed by atoms with Gasteiger partial charge in [0.15, 0.2) is 5.78 Å². The number of aliphatic hydroxyl groups is 1. The number of rotatable bonds is 5. The van der Waals surface area contributed by atoms with Crippen LogP contribution < -0.4 is 4.74 Å². The molecule has 0 spiro atoms. The molecule has 1 rings (SSSR count). The van der Waals surface area contributed by atoms with E-state index in [2.05, 4.69) is 4.74 Å². The molecule has 1 N–H and O–H groups in total. The second kappa shape index (κ2) is 6.13. The Kier molecular flexibility index (Phi) is 4.95. The van der Waals surface area contributed by atoms with Crippen molar-refractivity contribution in [2.45, 2.75) is 18.2 Å². The number of methoxy groups -OCH3 is 2. The van der Waals surface area contributed by atoms with Gasteiger partial charge in [-0.1, -0.05) is 12.1 Å². The van der Waals surface area contributed by atoms with Crippen LogP contribution in [0.5, 0.6) is 5.75 Å². The number of halogens is 3. The number of benzene rings is 1. The smallest absolute Gasteiger partial charge is 0.428 e. The average Bonchev–Trinajstić information content (AvgIpc) is 2.44. The molecule has 116 valence electrons. The molecule has 0 saturated carbocycles. The van der Waals surface area contributed by atoms with Crippen molar-refractivity contribution in [1.82, 2.24) is 0 Å². The molecule has 1 atom stereocenters. The number of para-hydroxylation sites is 1. The quantitative estimate of drug-likeness (QED) is 0.662. The zero-order valence-electron chi connectivity index (χ0n) is 11.2. The molecule has 8 heteroatoms. The van der Waals surface area contributed by atoms with E-state index in [1.807, 2.05) is 0 Å². The summed E-state index contributed by atoms with van der Waals surface area (Å²) in [7, 11) is 1.93. The van der Waals surface area contributed by atoms with Gasteiger partial charge in [0, 0.05) is 0 Å². The largest absolute Gasteiger partial charge is 0.496 e. The van der Waals surface area contributed by atoms with E-state index in [4.69, 9.17) is 4.74 Å². The zero-order valence-corrected chi connectivity index (χ0v) is 11.2. The molecule has 0 unspecified atom stereocenters. The van der Waals surface area contributed by atoms with E-state index in [1.54, 1.807) is 0 Å². The molecular weight excluding hydrogens is 293 g/mol. The van der Waals surface area contributed by atoms with Crippen molar-refractivity contribution >= 4 is 11.8 Å². The van der Waals surface area contributed by atoms with Gasteiger partial charge in [-0.05, 0) is 12.1 Å². The van der Waals surface area contributed by atoms with Crippen molar-refractivity contribution in [2.75, 3.05) is 14.2 Å². The molecule has 0 aliphatic carbocycles. The highest BCUT2D eigenvalue weighted by molar-refractivity contribution is 6.02. The maximum Gasteiger partial charge on any atom is 0.428 e. The lowest BCUT2D eigenvalue weighted by Crippen LogP contribution is -2.54. The van der Waals surface area contributed by atoms with Gasteiger partial charge in [-0.25, -0.2) is 4.79 Å². The van der Waals surface area contributed by atoms with E-state index < -0.39 is 30.0 Å². The Morgan fingerprint density at radius 2 is 1.76 bits per heavy atom. The van der Waals surface area contributed by atoms with Crippen molar-refractivity contribution in [3.63, 3.8) is 0 Å². The van der Waals surface area contributed by atoms with Crippen LogP contribution in [0.1, 0.15) is 16.8 Å². The summed E-state index contributed by atoms with van der Waals surface area (Å²) in [6, 6.07) is 5.54. The lowest BCUT2D eigenvalue weighted by Gasteiger charge is -2.27. The first-order valence-electron chi connectivity index (χ1n) is 5.71. The molecule has 0 amide bonds. The molecule has 1 aromatic rings. The highest BCUT2D eigenvalue weighted by Crippen LogP contribution is 2.36. The number of esters is 1. The van der Waals surface area contributed by atoms with Gasteiger partial charge in [-0.3, -0.25) is 4.79 Å². The SMILES string of the molecule is COC(=O)[C@@](O)(CC(=O)c1ccccc1OC)C(F)(F)F. The number of ether oxygens (including phenoxy) is 2. The second-order valence-corrected chi connectivity index (χ2v) is 4.15. The highest BCUT2D eigenvalue weighted by atomic mass is 19.4. The van der Waals surface area contributed by atoms with Gasteiger partial charge < -0.3 is 14.6 Å². The third-order valence-corrected chi connectivity index (χ3v) is 2.82. The number of hydrogen-bond donors (Lipinski definition) is 1. The van der Waals surface area contributed by atoms with Crippen LogP contribution >= 0.6 is 0 Å². The highest BCUT2D eigenvalue weighted by Gasteiger charge is 2.61. The number of Topliss-reactive ketones (excluding diaryl/α,β-unsaturated/α-hetero) is 1. The molecule has 21 heavy (non-hydrogen) atoms. The van der Waals surface area contributed by atoms with E-state index in [0.717, 1.165) is 0 Å². The van der Waals surface area contributed by atoms with E-state index in [9.17, 15) is 27.9 Å². The zero-order chi connectivity index (χ0) is 16.3. The molecule has 0 heterocycles. The average molecular weight is 306 g/mol. The molecule has 0 aromatic heterocycles. The molecule has 0 saturated heterocycles. The van der Waals surface area contributed by atoms with Crippen LogP contribution in [0.4, 0.5) is 13.2 Å². The summed E-state index contributed by atoms with van der Waals surface area (Å²) in [5.41, 5.74) is -4.08. The molecule has 0 aliphatic heterocycles. The first kappa shape index (κ1) is 17.0. The van der Waals surface area contributed by atoms with Crippen molar-refractivity contribution in [3.05, 3.63) is 29.8 Å². The predicted octanol–water partition coefficient (Wildman–Crippen LogP) is 1.73. The Bertz CT molecular complexity index is 541. The normalized spacial score (nSPS) is 14.2. The monoisotopic (exact) mass is 306 g/mol. The topological polar surface area (TPSA) is 72.8 Å². The summed E-state index contributed by atoms with van der Waals surface area (Å²) in [5, 5.41) is 9.55. The van der Waals surface area contributed by atoms with E-state index in [-0.39, 0.29) is 11.3 Å². The van der Waals surface area contributed by atoms with Crippen LogP contribution in [-0.2, 0) is 9.53 Å². The molecule has 1 aromatic carbocycles. The van der Waals surface area contributed by atoms with Gasteiger partial charge >= 0.3 is 12.1 Å². The number of carbonyl (C=O) groups is 2. The summed E-state index contributed by atoms with van der Waals surface area (Å²) >= 11 is 0. The number of carbonyl (C=O) groups excluding carboxylic acids is 2. The lowest BCUT2D eigenvalue weighted by atomic mass is 9.93. The second-order valence-electron chi connectivity index (χ2n) is 4.15. The number of ketones is 1.